The fourth-order valence-corrected chi connectivity index (χ4v) is 4.37. The van der Waals surface area contributed by atoms with E-state index in [9.17, 15) is 9.18 Å². The lowest BCUT2D eigenvalue weighted by molar-refractivity contribution is -0.118. The molecule has 1 aromatic heterocycles. The summed E-state index contributed by atoms with van der Waals surface area (Å²) in [4.78, 5) is 24.2. The Bertz CT molecular complexity index is 1100. The molecule has 0 radical (unpaired) electrons. The third-order valence-corrected chi connectivity index (χ3v) is 6.00. The quantitative estimate of drug-likeness (QED) is 0.634. The lowest BCUT2D eigenvalue weighted by Gasteiger charge is -2.28. The first-order valence-electron chi connectivity index (χ1n) is 10.0. The van der Waals surface area contributed by atoms with Gasteiger partial charge >= 0.3 is 0 Å². The molecule has 1 amide bonds. The second-order valence-corrected chi connectivity index (χ2v) is 8.23. The van der Waals surface area contributed by atoms with E-state index in [1.165, 1.54) is 17.7 Å². The van der Waals surface area contributed by atoms with Gasteiger partial charge in [-0.2, -0.15) is 0 Å². The second kappa shape index (κ2) is 6.48. The molecule has 1 fully saturated rings. The maximum atomic E-state index is 13.4. The Morgan fingerprint density at radius 1 is 1.07 bits per heavy atom. The van der Waals surface area contributed by atoms with Gasteiger partial charge in [0, 0.05) is 17.3 Å². The maximum Gasteiger partial charge on any atom is 0.233 e. The highest BCUT2D eigenvalue weighted by Gasteiger charge is 2.55. The zero-order valence-corrected chi connectivity index (χ0v) is 16.5. The van der Waals surface area contributed by atoms with Crippen molar-refractivity contribution in [3.63, 3.8) is 0 Å². The molecule has 0 saturated heterocycles. The van der Waals surface area contributed by atoms with Crippen LogP contribution in [0.25, 0.3) is 11.4 Å². The third kappa shape index (κ3) is 2.84. The minimum absolute atomic E-state index is 0.0328. The Labute approximate surface area is 169 Å². The van der Waals surface area contributed by atoms with Crippen LogP contribution >= 0.6 is 0 Å². The number of nitrogens with zero attached hydrogens (tertiary/aromatic N) is 3. The number of halogens is 1. The summed E-state index contributed by atoms with van der Waals surface area (Å²) in [5.74, 6) is 1.44. The first kappa shape index (κ1) is 18.0. The van der Waals surface area contributed by atoms with Gasteiger partial charge in [0.1, 0.15) is 11.6 Å². The molecule has 1 saturated carbocycles. The van der Waals surface area contributed by atoms with Gasteiger partial charge in [0.2, 0.25) is 5.91 Å². The maximum absolute atomic E-state index is 13.4. The highest BCUT2D eigenvalue weighted by Crippen LogP contribution is 2.54. The van der Waals surface area contributed by atoms with Gasteiger partial charge in [0.25, 0.3) is 0 Å². The molecule has 0 N–H and O–H groups in total. The molecule has 0 unspecified atom stereocenters. The number of anilines is 1. The molecule has 5 heteroatoms. The molecule has 0 spiro atoms. The van der Waals surface area contributed by atoms with Gasteiger partial charge < -0.3 is 0 Å². The van der Waals surface area contributed by atoms with Gasteiger partial charge in [0.05, 0.1) is 12.0 Å². The molecule has 2 aromatic carbocycles. The smallest absolute Gasteiger partial charge is 0.233 e. The van der Waals surface area contributed by atoms with E-state index in [0.717, 1.165) is 29.5 Å². The summed E-state index contributed by atoms with van der Waals surface area (Å²) in [6, 6.07) is 14.6. The van der Waals surface area contributed by atoms with Gasteiger partial charge in [0.15, 0.2) is 5.82 Å². The number of rotatable bonds is 4. The SMILES string of the molecule is CC(C)c1ccccc1-c1ncc2c(n1)N(C1(c3ccc(F)cc3)CC1)C(=O)C2. The van der Waals surface area contributed by atoms with E-state index in [1.807, 2.05) is 23.1 Å². The van der Waals surface area contributed by atoms with Crippen molar-refractivity contribution in [2.75, 3.05) is 4.90 Å². The molecule has 3 aromatic rings. The Kier molecular flexibility index (Phi) is 4.02. The van der Waals surface area contributed by atoms with Gasteiger partial charge in [-0.1, -0.05) is 50.2 Å². The summed E-state index contributed by atoms with van der Waals surface area (Å²) in [7, 11) is 0. The van der Waals surface area contributed by atoms with E-state index >= 15 is 0 Å². The number of fused-ring (bicyclic) bond motifs is 1. The van der Waals surface area contributed by atoms with Crippen molar-refractivity contribution in [2.24, 2.45) is 0 Å². The zero-order valence-electron chi connectivity index (χ0n) is 16.5. The summed E-state index contributed by atoms with van der Waals surface area (Å²) >= 11 is 0. The van der Waals surface area contributed by atoms with E-state index in [1.54, 1.807) is 18.3 Å². The summed E-state index contributed by atoms with van der Waals surface area (Å²) in [5.41, 5.74) is 3.58. The fourth-order valence-electron chi connectivity index (χ4n) is 4.37. The van der Waals surface area contributed by atoms with Crippen LogP contribution in [0.1, 0.15) is 49.3 Å². The van der Waals surface area contributed by atoms with E-state index in [4.69, 9.17) is 4.98 Å². The first-order chi connectivity index (χ1) is 14.0. The van der Waals surface area contributed by atoms with E-state index in [-0.39, 0.29) is 11.7 Å². The van der Waals surface area contributed by atoms with E-state index in [2.05, 4.69) is 24.9 Å². The molecule has 0 bridgehead atoms. The lowest BCUT2D eigenvalue weighted by atomic mass is 9.97. The minimum Gasteiger partial charge on any atom is -0.286 e. The molecule has 5 rings (SSSR count). The molecule has 2 heterocycles. The normalized spacial score (nSPS) is 17.0. The largest absolute Gasteiger partial charge is 0.286 e. The topological polar surface area (TPSA) is 46.1 Å². The highest BCUT2D eigenvalue weighted by atomic mass is 19.1. The lowest BCUT2D eigenvalue weighted by Crippen LogP contribution is -2.38. The molecular weight excluding hydrogens is 365 g/mol. The van der Waals surface area contributed by atoms with Crippen molar-refractivity contribution >= 4 is 11.7 Å². The molecule has 2 aliphatic rings. The monoisotopic (exact) mass is 387 g/mol. The standard InChI is InChI=1S/C24H22FN3O/c1-15(2)19-5-3-4-6-20(19)22-26-14-16-13-21(29)28(23(16)27-22)24(11-12-24)17-7-9-18(25)10-8-17/h3-10,14-15H,11-13H2,1-2H3. The average Bonchev–Trinajstić information content (AvgIpc) is 3.44. The molecule has 29 heavy (non-hydrogen) atoms. The van der Waals surface area contributed by atoms with Crippen LogP contribution < -0.4 is 4.90 Å². The van der Waals surface area contributed by atoms with Gasteiger partial charge in [-0.3, -0.25) is 9.69 Å². The van der Waals surface area contributed by atoms with Crippen LogP contribution in [0.3, 0.4) is 0 Å². The third-order valence-electron chi connectivity index (χ3n) is 6.00. The van der Waals surface area contributed by atoms with Crippen molar-refractivity contribution in [2.45, 2.75) is 44.6 Å². The van der Waals surface area contributed by atoms with Crippen molar-refractivity contribution in [1.29, 1.82) is 0 Å². The number of hydrogen-bond donors (Lipinski definition) is 0. The molecule has 146 valence electrons. The van der Waals surface area contributed by atoms with Gasteiger partial charge in [-0.25, -0.2) is 14.4 Å². The number of carbonyl (C=O) groups excluding carboxylic acids is 1. The summed E-state index contributed by atoms with van der Waals surface area (Å²) < 4.78 is 13.4. The number of aromatic nitrogens is 2. The highest BCUT2D eigenvalue weighted by molar-refractivity contribution is 6.02. The Hall–Kier alpha value is -3.08. The fraction of sp³-hybridized carbons (Fsp3) is 0.292. The van der Waals surface area contributed by atoms with Crippen molar-refractivity contribution in [3.05, 3.63) is 77.2 Å². The predicted octanol–water partition coefficient (Wildman–Crippen LogP) is 4.98. The van der Waals surface area contributed by atoms with Crippen molar-refractivity contribution in [1.82, 2.24) is 9.97 Å². The van der Waals surface area contributed by atoms with Crippen LogP contribution in [0.5, 0.6) is 0 Å². The van der Waals surface area contributed by atoms with Crippen molar-refractivity contribution in [3.8, 4) is 11.4 Å². The molecule has 0 atom stereocenters. The molecule has 1 aliphatic carbocycles. The van der Waals surface area contributed by atoms with Crippen LogP contribution in [0.4, 0.5) is 10.2 Å². The van der Waals surface area contributed by atoms with E-state index in [0.29, 0.717) is 24.0 Å². The number of amides is 1. The van der Waals surface area contributed by atoms with E-state index < -0.39 is 5.54 Å². The Morgan fingerprint density at radius 3 is 2.48 bits per heavy atom. The van der Waals surface area contributed by atoms with Crippen LogP contribution in [0.2, 0.25) is 0 Å². The summed E-state index contributed by atoms with van der Waals surface area (Å²) in [5, 5.41) is 0. The van der Waals surface area contributed by atoms with Gasteiger partial charge in [-0.15, -0.1) is 0 Å². The number of carbonyl (C=O) groups is 1. The van der Waals surface area contributed by atoms with Crippen LogP contribution in [-0.4, -0.2) is 15.9 Å². The predicted molar refractivity (Wildman–Crippen MR) is 110 cm³/mol. The second-order valence-electron chi connectivity index (χ2n) is 8.23. The first-order valence-corrected chi connectivity index (χ1v) is 10.0. The number of hydrogen-bond acceptors (Lipinski definition) is 3. The minimum atomic E-state index is -0.417. The Morgan fingerprint density at radius 2 is 1.79 bits per heavy atom. The van der Waals surface area contributed by atoms with Crippen LogP contribution in [0, 0.1) is 5.82 Å². The summed E-state index contributed by atoms with van der Waals surface area (Å²) in [6.07, 6.45) is 3.80. The van der Waals surface area contributed by atoms with Crippen LogP contribution in [-0.2, 0) is 16.8 Å². The summed E-state index contributed by atoms with van der Waals surface area (Å²) in [6.45, 7) is 4.30. The number of benzene rings is 2. The van der Waals surface area contributed by atoms with Crippen LogP contribution in [0.15, 0.2) is 54.7 Å². The zero-order chi connectivity index (χ0) is 20.2. The average molecular weight is 387 g/mol. The molecule has 1 aliphatic heterocycles. The Balaban J connectivity index is 1.61. The van der Waals surface area contributed by atoms with Crippen molar-refractivity contribution < 1.29 is 9.18 Å². The molecule has 4 nitrogen and oxygen atoms in total. The molecular formula is C24H22FN3O. The van der Waals surface area contributed by atoms with Gasteiger partial charge in [-0.05, 0) is 42.0 Å².